The van der Waals surface area contributed by atoms with E-state index in [-0.39, 0.29) is 6.42 Å². The summed E-state index contributed by atoms with van der Waals surface area (Å²) in [5.74, 6) is -0.109. The number of piperidine rings is 1. The second-order valence-corrected chi connectivity index (χ2v) is 10.7. The van der Waals surface area contributed by atoms with E-state index in [1.54, 1.807) is 6.07 Å². The van der Waals surface area contributed by atoms with Crippen LogP contribution in [0.3, 0.4) is 0 Å². The summed E-state index contributed by atoms with van der Waals surface area (Å²) >= 11 is 0. The van der Waals surface area contributed by atoms with Crippen LogP contribution in [-0.4, -0.2) is 80.3 Å². The van der Waals surface area contributed by atoms with Crippen LogP contribution >= 0.6 is 0 Å². The van der Waals surface area contributed by atoms with Crippen LogP contribution in [0.1, 0.15) is 44.1 Å². The topological polar surface area (TPSA) is 122 Å². The van der Waals surface area contributed by atoms with E-state index in [9.17, 15) is 20.0 Å². The fourth-order valence-corrected chi connectivity index (χ4v) is 9.46. The van der Waals surface area contributed by atoms with Gasteiger partial charge in [-0.1, -0.05) is 6.07 Å². The van der Waals surface area contributed by atoms with Crippen molar-refractivity contribution < 1.29 is 33.6 Å². The summed E-state index contributed by atoms with van der Waals surface area (Å²) in [6.45, 7) is 1.35. The van der Waals surface area contributed by atoms with Gasteiger partial charge < -0.3 is 24.1 Å². The third-order valence-electron chi connectivity index (χ3n) is 10.3. The van der Waals surface area contributed by atoms with Gasteiger partial charge in [-0.2, -0.15) is 5.26 Å². The van der Waals surface area contributed by atoms with Crippen LogP contribution in [0, 0.1) is 16.7 Å². The fraction of sp³-hybridized carbons (Fsp3) is 0.654. The highest BCUT2D eigenvalue weighted by atomic mass is 16.6. The molecule has 1 amide bonds. The molecule has 10 nitrogen and oxygen atoms in total. The molecule has 3 heterocycles. The predicted octanol–water partition coefficient (Wildman–Crippen LogP) is 2.12. The number of hydrogen-bond donors (Lipinski definition) is 1. The standard InChI is InChI=1S/C26H31N3O7/c1-33-17-7-6-16-18(19(17)34-2)29(21(31)36-4)25-10-9-22(14-24(25,32)20(30)35-3)8-5-12-28-13-11-23(16,25)26(22,28)15-27/h6-7,32H,5,8-14H2,1-4H3/t22-,23+,24?,25+,26+/m1/s1. The number of nitriles is 1. The summed E-state index contributed by atoms with van der Waals surface area (Å²) in [7, 11) is 5.51. The maximum absolute atomic E-state index is 13.7. The Labute approximate surface area is 209 Å². The number of ether oxygens (including phenoxy) is 4. The average molecular weight is 498 g/mol. The van der Waals surface area contributed by atoms with Crippen LogP contribution in [0.2, 0.25) is 0 Å². The van der Waals surface area contributed by atoms with Crippen LogP contribution in [0.5, 0.6) is 11.5 Å². The van der Waals surface area contributed by atoms with Crippen molar-refractivity contribution in [3.8, 4) is 17.6 Å². The van der Waals surface area contributed by atoms with Crippen molar-refractivity contribution in [2.75, 3.05) is 46.4 Å². The largest absolute Gasteiger partial charge is 0.493 e. The van der Waals surface area contributed by atoms with Crippen LogP contribution in [0.4, 0.5) is 10.5 Å². The van der Waals surface area contributed by atoms with E-state index in [4.69, 9.17) is 18.9 Å². The zero-order valence-corrected chi connectivity index (χ0v) is 21.0. The molecule has 1 aromatic carbocycles. The average Bonchev–Trinajstić information content (AvgIpc) is 3.39. The normalized spacial score (nSPS) is 39.5. The zero-order chi connectivity index (χ0) is 25.7. The van der Waals surface area contributed by atoms with Crippen LogP contribution < -0.4 is 14.4 Å². The quantitative estimate of drug-likeness (QED) is 0.626. The van der Waals surface area contributed by atoms with E-state index in [1.165, 1.54) is 33.3 Å². The number of rotatable bonds is 3. The molecule has 3 aliphatic heterocycles. The van der Waals surface area contributed by atoms with Gasteiger partial charge in [0.25, 0.3) is 0 Å². The summed E-state index contributed by atoms with van der Waals surface area (Å²) < 4.78 is 21.9. The van der Waals surface area contributed by atoms with Crippen molar-refractivity contribution in [2.45, 2.75) is 60.6 Å². The van der Waals surface area contributed by atoms with Gasteiger partial charge in [0.15, 0.2) is 17.1 Å². The van der Waals surface area contributed by atoms with Gasteiger partial charge in [0, 0.05) is 12.0 Å². The first-order valence-electron chi connectivity index (χ1n) is 12.4. The molecule has 6 aliphatic rings. The number of fused-ring (bicyclic) bond motifs is 3. The molecule has 5 fully saturated rings. The van der Waals surface area contributed by atoms with Crippen LogP contribution in [-0.2, 0) is 19.7 Å². The lowest BCUT2D eigenvalue weighted by atomic mass is 9.32. The lowest BCUT2D eigenvalue weighted by molar-refractivity contribution is -0.244. The number of aliphatic hydroxyl groups is 1. The minimum atomic E-state index is -2.07. The Kier molecular flexibility index (Phi) is 4.57. The molecule has 2 saturated heterocycles. The third-order valence-corrected chi connectivity index (χ3v) is 10.3. The van der Waals surface area contributed by atoms with Crippen LogP contribution in [0.15, 0.2) is 12.1 Å². The molecule has 36 heavy (non-hydrogen) atoms. The summed E-state index contributed by atoms with van der Waals surface area (Å²) in [6.07, 6.45) is 2.23. The smallest absolute Gasteiger partial charge is 0.414 e. The Hall–Kier alpha value is -3.03. The van der Waals surface area contributed by atoms with Crippen molar-refractivity contribution in [3.05, 3.63) is 17.7 Å². The maximum atomic E-state index is 13.7. The zero-order valence-electron chi connectivity index (χ0n) is 21.0. The van der Waals surface area contributed by atoms with E-state index >= 15 is 0 Å². The number of benzene rings is 1. The van der Waals surface area contributed by atoms with Gasteiger partial charge >= 0.3 is 12.1 Å². The van der Waals surface area contributed by atoms with Gasteiger partial charge in [-0.3, -0.25) is 9.80 Å². The van der Waals surface area contributed by atoms with Gasteiger partial charge in [0.2, 0.25) is 0 Å². The highest BCUT2D eigenvalue weighted by Crippen LogP contribution is 2.81. The molecule has 10 heteroatoms. The molecule has 3 spiro atoms. The summed E-state index contributed by atoms with van der Waals surface area (Å²) in [5.41, 5.74) is -5.29. The second kappa shape index (κ2) is 7.05. The van der Waals surface area contributed by atoms with Gasteiger partial charge in [0.1, 0.15) is 11.1 Å². The molecule has 1 aromatic rings. The van der Waals surface area contributed by atoms with Crippen molar-refractivity contribution in [3.63, 3.8) is 0 Å². The maximum Gasteiger partial charge on any atom is 0.414 e. The van der Waals surface area contributed by atoms with Crippen molar-refractivity contribution >= 4 is 17.7 Å². The van der Waals surface area contributed by atoms with Crippen molar-refractivity contribution in [2.24, 2.45) is 5.41 Å². The molecule has 2 bridgehead atoms. The lowest BCUT2D eigenvalue weighted by Crippen LogP contribution is -2.90. The summed E-state index contributed by atoms with van der Waals surface area (Å²) in [4.78, 5) is 31.0. The number of carbonyl (C=O) groups is 2. The monoisotopic (exact) mass is 497 g/mol. The molecule has 7 rings (SSSR count). The number of amides is 1. The minimum Gasteiger partial charge on any atom is -0.493 e. The third kappa shape index (κ3) is 1.97. The Balaban J connectivity index is 1.82. The van der Waals surface area contributed by atoms with Gasteiger partial charge in [-0.25, -0.2) is 9.59 Å². The number of anilines is 1. The molecule has 0 radical (unpaired) electrons. The molecule has 0 aromatic heterocycles. The molecular formula is C26H31N3O7. The van der Waals surface area contributed by atoms with Crippen LogP contribution in [0.25, 0.3) is 0 Å². The second-order valence-electron chi connectivity index (χ2n) is 10.7. The van der Waals surface area contributed by atoms with E-state index in [2.05, 4.69) is 11.0 Å². The first-order chi connectivity index (χ1) is 17.3. The van der Waals surface area contributed by atoms with E-state index in [0.717, 1.165) is 13.0 Å². The summed E-state index contributed by atoms with van der Waals surface area (Å²) in [5, 5.41) is 23.7. The molecule has 3 saturated carbocycles. The number of carbonyl (C=O) groups excluding carboxylic acids is 2. The molecule has 1 N–H and O–H groups in total. The number of methoxy groups -OCH3 is 4. The Morgan fingerprint density at radius 3 is 2.44 bits per heavy atom. The first-order valence-corrected chi connectivity index (χ1v) is 12.4. The Bertz CT molecular complexity index is 1230. The van der Waals surface area contributed by atoms with Crippen molar-refractivity contribution in [1.29, 1.82) is 5.26 Å². The lowest BCUT2D eigenvalue weighted by Gasteiger charge is -2.74. The highest BCUT2D eigenvalue weighted by molar-refractivity contribution is 6.02. The van der Waals surface area contributed by atoms with Gasteiger partial charge in [-0.05, 0) is 56.7 Å². The highest BCUT2D eigenvalue weighted by Gasteiger charge is 2.92. The number of nitrogens with zero attached hydrogens (tertiary/aromatic N) is 3. The molecular weight excluding hydrogens is 466 g/mol. The predicted molar refractivity (Wildman–Crippen MR) is 126 cm³/mol. The molecule has 5 atom stereocenters. The van der Waals surface area contributed by atoms with E-state index < -0.39 is 39.6 Å². The van der Waals surface area contributed by atoms with E-state index in [0.29, 0.717) is 55.0 Å². The molecule has 1 unspecified atom stereocenters. The van der Waals surface area contributed by atoms with Gasteiger partial charge in [-0.15, -0.1) is 0 Å². The molecule has 192 valence electrons. The first kappa shape index (κ1) is 23.4. The minimum absolute atomic E-state index is 0.0272. The SMILES string of the molecule is COC(=O)N1c2c(ccc(OC)c2OC)[C@@]23CCN4CCC[C@]5(CC[C@]12C(O)(C(=O)OC)C5)[C@]43C#N. The Morgan fingerprint density at radius 2 is 1.81 bits per heavy atom. The van der Waals surface area contributed by atoms with Gasteiger partial charge in [0.05, 0.1) is 45.6 Å². The van der Waals surface area contributed by atoms with E-state index in [1.807, 2.05) is 6.07 Å². The number of hydrogen-bond acceptors (Lipinski definition) is 9. The van der Waals surface area contributed by atoms with Crippen molar-refractivity contribution in [1.82, 2.24) is 4.90 Å². The number of esters is 1. The Morgan fingerprint density at radius 1 is 1.03 bits per heavy atom. The molecule has 3 aliphatic carbocycles. The summed E-state index contributed by atoms with van der Waals surface area (Å²) in [6, 6.07) is 6.38. The fourth-order valence-electron chi connectivity index (χ4n) is 9.46.